The number of carbonyl (C=O) groups is 2. The van der Waals surface area contributed by atoms with Crippen molar-refractivity contribution in [1.82, 2.24) is 19.7 Å². The lowest BCUT2D eigenvalue weighted by Gasteiger charge is -2.33. The number of likely N-dealkylation sites (tertiary alicyclic amines) is 1. The largest absolute Gasteiger partial charge is 0.455 e. The zero-order chi connectivity index (χ0) is 22.3. The summed E-state index contributed by atoms with van der Waals surface area (Å²) >= 11 is 1.24. The molecule has 0 spiro atoms. The van der Waals surface area contributed by atoms with Gasteiger partial charge in [0.15, 0.2) is 17.6 Å². The molecule has 1 saturated heterocycles. The molecule has 0 radical (unpaired) electrons. The van der Waals surface area contributed by atoms with Crippen molar-refractivity contribution in [2.75, 3.05) is 18.9 Å². The molecule has 0 N–H and O–H groups in total. The minimum Gasteiger partial charge on any atom is -0.455 e. The predicted octanol–water partition coefficient (Wildman–Crippen LogP) is 3.97. The number of hydrogen-bond donors (Lipinski definition) is 0. The minimum absolute atomic E-state index is 0.0442. The SMILES string of the molecule is CC1CCCCN1C(=O)COC(=O)CSc1nnc(-c2ccccc2)n1-c1ccccc1. The van der Waals surface area contributed by atoms with Gasteiger partial charge in [-0.15, -0.1) is 10.2 Å². The number of thioether (sulfide) groups is 1. The normalized spacial score (nSPS) is 16.0. The van der Waals surface area contributed by atoms with Gasteiger partial charge >= 0.3 is 5.97 Å². The lowest BCUT2D eigenvalue weighted by molar-refractivity contribution is -0.151. The van der Waals surface area contributed by atoms with E-state index in [9.17, 15) is 9.59 Å². The molecule has 1 aliphatic rings. The van der Waals surface area contributed by atoms with Crippen LogP contribution in [0.2, 0.25) is 0 Å². The molecule has 2 heterocycles. The van der Waals surface area contributed by atoms with Crippen molar-refractivity contribution < 1.29 is 14.3 Å². The van der Waals surface area contributed by atoms with Gasteiger partial charge in [0.25, 0.3) is 5.91 Å². The van der Waals surface area contributed by atoms with Crippen LogP contribution in [0.3, 0.4) is 0 Å². The average Bonchev–Trinajstić information content (AvgIpc) is 3.26. The van der Waals surface area contributed by atoms with Crippen LogP contribution in [0.25, 0.3) is 17.1 Å². The van der Waals surface area contributed by atoms with Crippen LogP contribution < -0.4 is 0 Å². The maximum atomic E-state index is 12.4. The summed E-state index contributed by atoms with van der Waals surface area (Å²) in [6, 6.07) is 19.8. The van der Waals surface area contributed by atoms with Crippen molar-refractivity contribution >= 4 is 23.6 Å². The molecular formula is C24H26N4O3S. The van der Waals surface area contributed by atoms with Crippen LogP contribution in [0, 0.1) is 0 Å². The Kier molecular flexibility index (Phi) is 7.21. The Bertz CT molecular complexity index is 1060. The van der Waals surface area contributed by atoms with E-state index in [1.807, 2.05) is 77.1 Å². The van der Waals surface area contributed by atoms with Gasteiger partial charge in [-0.1, -0.05) is 60.3 Å². The second kappa shape index (κ2) is 10.5. The van der Waals surface area contributed by atoms with Crippen molar-refractivity contribution in [2.45, 2.75) is 37.4 Å². The Balaban J connectivity index is 1.42. The number of piperidine rings is 1. The highest BCUT2D eigenvalue weighted by Gasteiger charge is 2.24. The molecule has 166 valence electrons. The average molecular weight is 451 g/mol. The van der Waals surface area contributed by atoms with Gasteiger partial charge in [-0.3, -0.25) is 14.2 Å². The van der Waals surface area contributed by atoms with Crippen molar-refractivity contribution in [3.8, 4) is 17.1 Å². The second-order valence-electron chi connectivity index (χ2n) is 7.72. The van der Waals surface area contributed by atoms with E-state index in [1.165, 1.54) is 11.8 Å². The first-order valence-electron chi connectivity index (χ1n) is 10.8. The molecule has 0 saturated carbocycles. The van der Waals surface area contributed by atoms with Gasteiger partial charge in [0, 0.05) is 23.8 Å². The van der Waals surface area contributed by atoms with Crippen molar-refractivity contribution in [3.63, 3.8) is 0 Å². The molecule has 32 heavy (non-hydrogen) atoms. The van der Waals surface area contributed by atoms with Gasteiger partial charge in [-0.25, -0.2) is 0 Å². The summed E-state index contributed by atoms with van der Waals surface area (Å²) < 4.78 is 7.18. The molecule has 3 aromatic rings. The molecule has 1 fully saturated rings. The summed E-state index contributed by atoms with van der Waals surface area (Å²) in [5.41, 5.74) is 1.83. The van der Waals surface area contributed by atoms with Gasteiger partial charge in [0.05, 0.1) is 5.75 Å². The number of amides is 1. The predicted molar refractivity (Wildman–Crippen MR) is 124 cm³/mol. The highest BCUT2D eigenvalue weighted by Crippen LogP contribution is 2.28. The number of benzene rings is 2. The van der Waals surface area contributed by atoms with Gasteiger partial charge in [-0.2, -0.15) is 0 Å². The first-order valence-corrected chi connectivity index (χ1v) is 11.8. The summed E-state index contributed by atoms with van der Waals surface area (Å²) in [7, 11) is 0. The lowest BCUT2D eigenvalue weighted by atomic mass is 10.0. The van der Waals surface area contributed by atoms with E-state index in [-0.39, 0.29) is 24.3 Å². The van der Waals surface area contributed by atoms with Crippen LogP contribution in [-0.2, 0) is 14.3 Å². The number of carbonyl (C=O) groups excluding carboxylic acids is 2. The molecule has 4 rings (SSSR count). The Morgan fingerprint density at radius 2 is 1.75 bits per heavy atom. The van der Waals surface area contributed by atoms with Gasteiger partial charge in [0.1, 0.15) is 0 Å². The van der Waals surface area contributed by atoms with Crippen molar-refractivity contribution in [2.24, 2.45) is 0 Å². The summed E-state index contributed by atoms with van der Waals surface area (Å²) in [4.78, 5) is 26.5. The van der Waals surface area contributed by atoms with Crippen LogP contribution >= 0.6 is 11.8 Å². The third-order valence-corrected chi connectivity index (χ3v) is 6.38. The Morgan fingerprint density at radius 3 is 2.47 bits per heavy atom. The van der Waals surface area contributed by atoms with Gasteiger partial charge in [-0.05, 0) is 38.3 Å². The number of ether oxygens (including phenoxy) is 1. The van der Waals surface area contributed by atoms with E-state index in [1.54, 1.807) is 0 Å². The quantitative estimate of drug-likeness (QED) is 0.400. The summed E-state index contributed by atoms with van der Waals surface area (Å²) in [6.45, 7) is 2.55. The molecule has 1 atom stereocenters. The molecule has 0 bridgehead atoms. The van der Waals surface area contributed by atoms with Crippen molar-refractivity contribution in [1.29, 1.82) is 0 Å². The van der Waals surface area contributed by atoms with Gasteiger partial charge in [0.2, 0.25) is 0 Å². The van der Waals surface area contributed by atoms with Crippen LogP contribution in [0.4, 0.5) is 0 Å². The molecule has 1 aliphatic heterocycles. The van der Waals surface area contributed by atoms with E-state index >= 15 is 0 Å². The third kappa shape index (κ3) is 5.19. The van der Waals surface area contributed by atoms with E-state index in [2.05, 4.69) is 10.2 Å². The van der Waals surface area contributed by atoms with Crippen LogP contribution in [0.15, 0.2) is 65.8 Å². The molecule has 1 unspecified atom stereocenters. The fourth-order valence-electron chi connectivity index (χ4n) is 3.81. The molecule has 7 nitrogen and oxygen atoms in total. The highest BCUT2D eigenvalue weighted by molar-refractivity contribution is 7.99. The number of esters is 1. The Hall–Kier alpha value is -3.13. The summed E-state index contributed by atoms with van der Waals surface area (Å²) in [6.07, 6.45) is 3.13. The molecule has 8 heteroatoms. The standard InChI is InChI=1S/C24H26N4O3S/c1-18-10-8-9-15-27(18)21(29)16-31-22(30)17-32-24-26-25-23(19-11-4-2-5-12-19)28(24)20-13-6-3-7-14-20/h2-7,11-14,18H,8-10,15-17H2,1H3. The highest BCUT2D eigenvalue weighted by atomic mass is 32.2. The first kappa shape index (κ1) is 22.1. The molecule has 1 aromatic heterocycles. The minimum atomic E-state index is -0.447. The molecular weight excluding hydrogens is 424 g/mol. The van der Waals surface area contributed by atoms with Crippen molar-refractivity contribution in [3.05, 3.63) is 60.7 Å². The van der Waals surface area contributed by atoms with E-state index in [0.717, 1.165) is 37.1 Å². The van der Waals surface area contributed by atoms with Crippen LogP contribution in [0.1, 0.15) is 26.2 Å². The maximum Gasteiger partial charge on any atom is 0.316 e. The first-order chi connectivity index (χ1) is 15.6. The number of hydrogen-bond acceptors (Lipinski definition) is 6. The fraction of sp³-hybridized carbons (Fsp3) is 0.333. The maximum absolute atomic E-state index is 12.4. The molecule has 0 aliphatic carbocycles. The Morgan fingerprint density at radius 1 is 1.03 bits per heavy atom. The molecule has 1 amide bonds. The van der Waals surface area contributed by atoms with E-state index < -0.39 is 5.97 Å². The smallest absolute Gasteiger partial charge is 0.316 e. The Labute approximate surface area is 191 Å². The monoisotopic (exact) mass is 450 g/mol. The number of aromatic nitrogens is 3. The molecule has 2 aromatic carbocycles. The number of nitrogens with zero attached hydrogens (tertiary/aromatic N) is 4. The van der Waals surface area contributed by atoms with E-state index in [4.69, 9.17) is 4.74 Å². The van der Waals surface area contributed by atoms with Gasteiger partial charge < -0.3 is 9.64 Å². The number of para-hydroxylation sites is 1. The fourth-order valence-corrected chi connectivity index (χ4v) is 4.56. The second-order valence-corrected chi connectivity index (χ2v) is 8.67. The lowest BCUT2D eigenvalue weighted by Crippen LogP contribution is -2.44. The van der Waals surface area contributed by atoms with E-state index in [0.29, 0.717) is 11.0 Å². The zero-order valence-electron chi connectivity index (χ0n) is 18.0. The zero-order valence-corrected chi connectivity index (χ0v) is 18.8. The van der Waals surface area contributed by atoms with Crippen LogP contribution in [-0.4, -0.2) is 56.5 Å². The summed E-state index contributed by atoms with van der Waals surface area (Å²) in [5.74, 6) is 0.163. The third-order valence-electron chi connectivity index (χ3n) is 5.48. The summed E-state index contributed by atoms with van der Waals surface area (Å²) in [5, 5.41) is 9.26. The topological polar surface area (TPSA) is 77.3 Å². The van der Waals surface area contributed by atoms with Crippen LogP contribution in [0.5, 0.6) is 0 Å². The number of rotatable bonds is 7.